The van der Waals surface area contributed by atoms with E-state index in [1.165, 1.54) is 5.56 Å². The highest BCUT2D eigenvalue weighted by molar-refractivity contribution is 5.90. The lowest BCUT2D eigenvalue weighted by Gasteiger charge is -2.07. The summed E-state index contributed by atoms with van der Waals surface area (Å²) in [6.45, 7) is 4.41. The van der Waals surface area contributed by atoms with Gasteiger partial charge in [-0.3, -0.25) is 10.3 Å². The van der Waals surface area contributed by atoms with Crippen LogP contribution in [0.15, 0.2) is 59.6 Å². The molecule has 0 fully saturated rings. The van der Waals surface area contributed by atoms with E-state index < -0.39 is 0 Å². The number of guanidine groups is 1. The van der Waals surface area contributed by atoms with Gasteiger partial charge in [-0.2, -0.15) is 0 Å². The average Bonchev–Trinajstić information content (AvgIpc) is 2.62. The molecule has 0 saturated carbocycles. The zero-order valence-electron chi connectivity index (χ0n) is 15.6. The van der Waals surface area contributed by atoms with E-state index in [-0.39, 0.29) is 0 Å². The largest absolute Gasteiger partial charge is 0.398 e. The second-order valence-electron chi connectivity index (χ2n) is 6.40. The number of aryl methyl sites for hydroxylation is 2. The van der Waals surface area contributed by atoms with Crippen molar-refractivity contribution in [2.24, 2.45) is 10.7 Å². The molecular formula is C21H24N6. The Morgan fingerprint density at radius 3 is 2.33 bits per heavy atom. The molecule has 0 amide bonds. The van der Waals surface area contributed by atoms with Gasteiger partial charge >= 0.3 is 0 Å². The molecule has 3 rings (SSSR count). The van der Waals surface area contributed by atoms with Crippen molar-refractivity contribution in [3.8, 4) is 11.1 Å². The van der Waals surface area contributed by atoms with E-state index in [4.69, 9.17) is 11.5 Å². The maximum atomic E-state index is 6.04. The molecule has 2 aromatic carbocycles. The van der Waals surface area contributed by atoms with E-state index in [1.54, 1.807) is 0 Å². The molecule has 0 unspecified atom stereocenters. The Labute approximate surface area is 159 Å². The molecule has 27 heavy (non-hydrogen) atoms. The van der Waals surface area contributed by atoms with Crippen LogP contribution in [0.3, 0.4) is 0 Å². The van der Waals surface area contributed by atoms with Crippen molar-refractivity contribution in [2.45, 2.75) is 20.3 Å². The van der Waals surface area contributed by atoms with Crippen LogP contribution in [0.25, 0.3) is 11.1 Å². The molecule has 0 aliphatic heterocycles. The predicted molar refractivity (Wildman–Crippen MR) is 112 cm³/mol. The summed E-state index contributed by atoms with van der Waals surface area (Å²) in [7, 11) is 0. The average molecular weight is 360 g/mol. The number of para-hydroxylation sites is 1. The first-order chi connectivity index (χ1) is 13.0. The normalized spacial score (nSPS) is 11.4. The molecule has 1 heterocycles. The Morgan fingerprint density at radius 2 is 1.67 bits per heavy atom. The van der Waals surface area contributed by atoms with Crippen molar-refractivity contribution in [2.75, 3.05) is 17.6 Å². The van der Waals surface area contributed by atoms with Gasteiger partial charge < -0.3 is 11.5 Å². The number of benzene rings is 2. The summed E-state index contributed by atoms with van der Waals surface area (Å²) >= 11 is 0. The van der Waals surface area contributed by atoms with Crippen LogP contribution in [0.2, 0.25) is 0 Å². The molecule has 0 aliphatic rings. The van der Waals surface area contributed by atoms with Gasteiger partial charge in [0.25, 0.3) is 0 Å². The van der Waals surface area contributed by atoms with Crippen LogP contribution < -0.4 is 16.8 Å². The highest BCUT2D eigenvalue weighted by Crippen LogP contribution is 2.25. The first kappa shape index (κ1) is 18.4. The molecule has 6 heteroatoms. The number of hydrogen-bond acceptors (Lipinski definition) is 4. The number of aliphatic imine (C=N–C) groups is 1. The van der Waals surface area contributed by atoms with E-state index >= 15 is 0 Å². The molecule has 0 atom stereocenters. The molecule has 5 N–H and O–H groups in total. The Morgan fingerprint density at radius 1 is 1.00 bits per heavy atom. The topological polar surface area (TPSA) is 102 Å². The zero-order valence-corrected chi connectivity index (χ0v) is 15.6. The predicted octanol–water partition coefficient (Wildman–Crippen LogP) is 3.31. The Bertz CT molecular complexity index is 927. The molecule has 0 saturated heterocycles. The molecule has 0 aliphatic carbocycles. The minimum Gasteiger partial charge on any atom is -0.398 e. The lowest BCUT2D eigenvalue weighted by Crippen LogP contribution is -2.24. The molecule has 138 valence electrons. The van der Waals surface area contributed by atoms with Gasteiger partial charge in [-0.1, -0.05) is 42.5 Å². The van der Waals surface area contributed by atoms with E-state index in [0.29, 0.717) is 18.5 Å². The Kier molecular flexibility index (Phi) is 5.66. The van der Waals surface area contributed by atoms with Crippen LogP contribution in [0.4, 0.5) is 11.6 Å². The third-order valence-electron chi connectivity index (χ3n) is 4.13. The van der Waals surface area contributed by atoms with Crippen molar-refractivity contribution in [3.05, 3.63) is 71.5 Å². The minimum atomic E-state index is 0.314. The second-order valence-corrected chi connectivity index (χ2v) is 6.40. The summed E-state index contributed by atoms with van der Waals surface area (Å²) in [6, 6.07) is 18.1. The van der Waals surface area contributed by atoms with Crippen LogP contribution in [0.5, 0.6) is 0 Å². The van der Waals surface area contributed by atoms with Gasteiger partial charge in [0.15, 0.2) is 5.96 Å². The molecule has 3 aromatic rings. The lowest BCUT2D eigenvalue weighted by atomic mass is 10.0. The lowest BCUT2D eigenvalue weighted by molar-refractivity contribution is 0.962. The van der Waals surface area contributed by atoms with Crippen LogP contribution in [-0.2, 0) is 6.42 Å². The van der Waals surface area contributed by atoms with E-state index in [9.17, 15) is 0 Å². The van der Waals surface area contributed by atoms with Crippen LogP contribution in [-0.4, -0.2) is 22.5 Å². The van der Waals surface area contributed by atoms with Crippen LogP contribution in [0.1, 0.15) is 17.0 Å². The first-order valence-electron chi connectivity index (χ1n) is 8.84. The third-order valence-corrected chi connectivity index (χ3v) is 4.13. The van der Waals surface area contributed by atoms with Crippen LogP contribution in [0, 0.1) is 13.8 Å². The maximum absolute atomic E-state index is 6.04. The Balaban J connectivity index is 1.58. The molecule has 0 spiro atoms. The monoisotopic (exact) mass is 360 g/mol. The van der Waals surface area contributed by atoms with Gasteiger partial charge in [-0.15, -0.1) is 0 Å². The number of nitrogens with two attached hydrogens (primary N) is 2. The minimum absolute atomic E-state index is 0.314. The molecule has 1 aromatic heterocycles. The van der Waals surface area contributed by atoms with Gasteiger partial charge in [-0.25, -0.2) is 9.97 Å². The highest BCUT2D eigenvalue weighted by atomic mass is 15.2. The van der Waals surface area contributed by atoms with E-state index in [0.717, 1.165) is 34.6 Å². The number of hydrogen-bond donors (Lipinski definition) is 3. The number of nitrogens with zero attached hydrogens (tertiary/aromatic N) is 3. The van der Waals surface area contributed by atoms with Gasteiger partial charge in [0.2, 0.25) is 5.95 Å². The SMILES string of the molecule is Cc1cc(C)nc(NC(N)=NCCc2ccc(-c3ccccc3N)cc2)n1. The number of nitrogen functional groups attached to an aromatic ring is 1. The number of anilines is 2. The molecule has 0 radical (unpaired) electrons. The van der Waals surface area contributed by atoms with Crippen molar-refractivity contribution >= 4 is 17.6 Å². The number of rotatable bonds is 5. The summed E-state index contributed by atoms with van der Waals surface area (Å²) < 4.78 is 0. The number of nitrogens with one attached hydrogen (secondary N) is 1. The summed E-state index contributed by atoms with van der Waals surface area (Å²) in [5.74, 6) is 0.784. The second kappa shape index (κ2) is 8.31. The third kappa shape index (κ3) is 5.04. The van der Waals surface area contributed by atoms with Gasteiger partial charge in [0, 0.05) is 29.2 Å². The quantitative estimate of drug-likeness (QED) is 0.368. The summed E-state index contributed by atoms with van der Waals surface area (Å²) in [4.78, 5) is 12.9. The first-order valence-corrected chi connectivity index (χ1v) is 8.84. The highest BCUT2D eigenvalue weighted by Gasteiger charge is 2.03. The smallest absolute Gasteiger partial charge is 0.229 e. The van der Waals surface area contributed by atoms with Crippen molar-refractivity contribution in [1.82, 2.24) is 9.97 Å². The molecule has 6 nitrogen and oxygen atoms in total. The fourth-order valence-electron chi connectivity index (χ4n) is 2.85. The van der Waals surface area contributed by atoms with Gasteiger partial charge in [0.05, 0.1) is 0 Å². The summed E-state index contributed by atoms with van der Waals surface area (Å²) in [5.41, 5.74) is 17.9. The van der Waals surface area contributed by atoms with Crippen molar-refractivity contribution < 1.29 is 0 Å². The summed E-state index contributed by atoms with van der Waals surface area (Å²) in [5, 5.41) is 2.94. The van der Waals surface area contributed by atoms with Crippen LogP contribution >= 0.6 is 0 Å². The molecule has 0 bridgehead atoms. The standard InChI is InChI=1S/C21H24N6/c1-14-13-15(2)26-21(25-14)27-20(23)24-12-11-16-7-9-17(10-8-16)18-5-3-4-6-19(18)22/h3-10,13H,11-12,22H2,1-2H3,(H3,23,24,25,26,27). The van der Waals surface area contributed by atoms with E-state index in [1.807, 2.05) is 44.2 Å². The van der Waals surface area contributed by atoms with Gasteiger partial charge in [-0.05, 0) is 43.5 Å². The fourth-order valence-corrected chi connectivity index (χ4v) is 2.85. The zero-order chi connectivity index (χ0) is 19.2. The molecular weight excluding hydrogens is 336 g/mol. The Hall–Kier alpha value is -3.41. The van der Waals surface area contributed by atoms with Crippen molar-refractivity contribution in [1.29, 1.82) is 0 Å². The van der Waals surface area contributed by atoms with Gasteiger partial charge in [0.1, 0.15) is 0 Å². The van der Waals surface area contributed by atoms with Crippen molar-refractivity contribution in [3.63, 3.8) is 0 Å². The van der Waals surface area contributed by atoms with E-state index in [2.05, 4.69) is 44.5 Å². The fraction of sp³-hybridized carbons (Fsp3) is 0.190. The summed E-state index contributed by atoms with van der Waals surface area (Å²) in [6.07, 6.45) is 0.792. The maximum Gasteiger partial charge on any atom is 0.229 e. The number of aromatic nitrogens is 2.